The molecule has 2 rings (SSSR count). The number of nitrogen functional groups attached to an aromatic ring is 1. The van der Waals surface area contributed by atoms with Crippen LogP contribution >= 0.6 is 11.6 Å². The van der Waals surface area contributed by atoms with Crippen LogP contribution in [0.4, 0.5) is 15.8 Å². The third-order valence-corrected chi connectivity index (χ3v) is 3.39. The summed E-state index contributed by atoms with van der Waals surface area (Å²) < 4.78 is 12.9. The third kappa shape index (κ3) is 3.18. The number of halogens is 2. The maximum absolute atomic E-state index is 12.9. The van der Waals surface area contributed by atoms with Gasteiger partial charge in [0.15, 0.2) is 0 Å². The molecule has 2 nitrogen and oxygen atoms in total. The summed E-state index contributed by atoms with van der Waals surface area (Å²) in [6.45, 7) is 2.67. The number of rotatable bonds is 3. The van der Waals surface area contributed by atoms with E-state index in [1.807, 2.05) is 26.1 Å². The minimum Gasteiger partial charge on any atom is -0.398 e. The lowest BCUT2D eigenvalue weighted by molar-refractivity contribution is 0.627. The van der Waals surface area contributed by atoms with Crippen LogP contribution in [-0.2, 0) is 6.54 Å². The number of hydrogen-bond acceptors (Lipinski definition) is 2. The molecule has 0 heterocycles. The quantitative estimate of drug-likeness (QED) is 0.860. The fraction of sp³-hybridized carbons (Fsp3) is 0.200. The van der Waals surface area contributed by atoms with Gasteiger partial charge in [-0.3, -0.25) is 0 Å². The molecule has 0 radical (unpaired) electrons. The van der Waals surface area contributed by atoms with Gasteiger partial charge in [0.25, 0.3) is 0 Å². The van der Waals surface area contributed by atoms with Crippen LogP contribution in [0.1, 0.15) is 11.1 Å². The zero-order valence-electron chi connectivity index (χ0n) is 11.0. The van der Waals surface area contributed by atoms with Crippen molar-refractivity contribution in [1.82, 2.24) is 0 Å². The van der Waals surface area contributed by atoms with Crippen molar-refractivity contribution >= 4 is 23.0 Å². The van der Waals surface area contributed by atoms with E-state index in [9.17, 15) is 4.39 Å². The smallest absolute Gasteiger partial charge is 0.123 e. The monoisotopic (exact) mass is 278 g/mol. The number of benzene rings is 2. The number of nitrogens with two attached hydrogens (primary N) is 1. The molecule has 100 valence electrons. The highest BCUT2D eigenvalue weighted by Crippen LogP contribution is 2.29. The van der Waals surface area contributed by atoms with Gasteiger partial charge >= 0.3 is 0 Å². The summed E-state index contributed by atoms with van der Waals surface area (Å²) in [4.78, 5) is 2.06. The molecule has 0 saturated carbocycles. The lowest BCUT2D eigenvalue weighted by Gasteiger charge is -2.22. The molecule has 0 bridgehead atoms. The Bertz CT molecular complexity index is 581. The Hall–Kier alpha value is -1.74. The highest BCUT2D eigenvalue weighted by atomic mass is 35.5. The van der Waals surface area contributed by atoms with Crippen molar-refractivity contribution in [3.05, 3.63) is 58.4 Å². The summed E-state index contributed by atoms with van der Waals surface area (Å²) >= 11 is 6.05. The predicted octanol–water partition coefficient (Wildman–Crippen LogP) is 4.01. The van der Waals surface area contributed by atoms with Crippen molar-refractivity contribution in [2.75, 3.05) is 17.7 Å². The lowest BCUT2D eigenvalue weighted by atomic mass is 10.1. The molecule has 0 amide bonds. The molecule has 0 atom stereocenters. The zero-order valence-corrected chi connectivity index (χ0v) is 11.7. The van der Waals surface area contributed by atoms with Crippen molar-refractivity contribution in [1.29, 1.82) is 0 Å². The first-order chi connectivity index (χ1) is 8.97. The topological polar surface area (TPSA) is 29.3 Å². The van der Waals surface area contributed by atoms with Crippen molar-refractivity contribution in [3.63, 3.8) is 0 Å². The summed E-state index contributed by atoms with van der Waals surface area (Å²) in [5.41, 5.74) is 9.47. The third-order valence-electron chi connectivity index (χ3n) is 3.06. The van der Waals surface area contributed by atoms with Crippen LogP contribution in [-0.4, -0.2) is 7.05 Å². The van der Waals surface area contributed by atoms with E-state index in [1.54, 1.807) is 12.1 Å². The Kier molecular flexibility index (Phi) is 3.96. The van der Waals surface area contributed by atoms with Gasteiger partial charge in [-0.1, -0.05) is 23.7 Å². The molecular formula is C15H16ClFN2. The van der Waals surface area contributed by atoms with Gasteiger partial charge in [0.1, 0.15) is 5.82 Å². The highest BCUT2D eigenvalue weighted by Gasteiger charge is 2.08. The summed E-state index contributed by atoms with van der Waals surface area (Å²) in [6, 6.07) is 10.2. The van der Waals surface area contributed by atoms with Gasteiger partial charge in [0.2, 0.25) is 0 Å². The molecule has 4 heteroatoms. The molecule has 0 fully saturated rings. The van der Waals surface area contributed by atoms with Crippen LogP contribution in [0.25, 0.3) is 0 Å². The Morgan fingerprint density at radius 2 is 1.84 bits per heavy atom. The van der Waals surface area contributed by atoms with Gasteiger partial charge in [-0.05, 0) is 42.3 Å². The first-order valence-electron chi connectivity index (χ1n) is 5.98. The second kappa shape index (κ2) is 5.49. The molecule has 0 aliphatic rings. The molecule has 0 aliphatic heterocycles. The Morgan fingerprint density at radius 1 is 1.21 bits per heavy atom. The van der Waals surface area contributed by atoms with Crippen molar-refractivity contribution in [3.8, 4) is 0 Å². The molecule has 0 aromatic heterocycles. The Balaban J connectivity index is 2.22. The van der Waals surface area contributed by atoms with Gasteiger partial charge in [0.05, 0.1) is 10.7 Å². The average Bonchev–Trinajstić information content (AvgIpc) is 2.36. The van der Waals surface area contributed by atoms with Gasteiger partial charge in [0, 0.05) is 19.3 Å². The minimum atomic E-state index is -0.224. The summed E-state index contributed by atoms with van der Waals surface area (Å²) in [6.07, 6.45) is 0. The van der Waals surface area contributed by atoms with Crippen LogP contribution in [0.2, 0.25) is 5.02 Å². The van der Waals surface area contributed by atoms with Gasteiger partial charge in [-0.15, -0.1) is 0 Å². The Labute approximate surface area is 117 Å². The molecule has 2 aromatic carbocycles. The van der Waals surface area contributed by atoms with Crippen molar-refractivity contribution in [2.45, 2.75) is 13.5 Å². The number of aryl methyl sites for hydroxylation is 1. The van der Waals surface area contributed by atoms with E-state index in [-0.39, 0.29) is 5.82 Å². The predicted molar refractivity (Wildman–Crippen MR) is 79.1 cm³/mol. The molecule has 2 N–H and O–H groups in total. The van der Waals surface area contributed by atoms with Crippen LogP contribution in [0.3, 0.4) is 0 Å². The van der Waals surface area contributed by atoms with E-state index in [0.717, 1.165) is 16.8 Å². The number of nitrogens with zero attached hydrogens (tertiary/aromatic N) is 1. The molecule has 0 aliphatic carbocycles. The van der Waals surface area contributed by atoms with E-state index >= 15 is 0 Å². The van der Waals surface area contributed by atoms with E-state index in [0.29, 0.717) is 17.3 Å². The highest BCUT2D eigenvalue weighted by molar-refractivity contribution is 6.33. The maximum atomic E-state index is 12.9. The van der Waals surface area contributed by atoms with Crippen LogP contribution < -0.4 is 10.6 Å². The lowest BCUT2D eigenvalue weighted by Crippen LogP contribution is -2.17. The average molecular weight is 279 g/mol. The number of anilines is 2. The zero-order chi connectivity index (χ0) is 14.0. The first-order valence-corrected chi connectivity index (χ1v) is 6.36. The van der Waals surface area contributed by atoms with Gasteiger partial charge in [-0.25, -0.2) is 4.39 Å². The van der Waals surface area contributed by atoms with Gasteiger partial charge in [-0.2, -0.15) is 0 Å². The standard InChI is InChI=1S/C15H16ClFN2/c1-10-7-14(18)13(16)8-15(10)19(2)9-11-3-5-12(17)6-4-11/h3-8H,9,18H2,1-2H3. The van der Waals surface area contributed by atoms with Crippen molar-refractivity contribution in [2.24, 2.45) is 0 Å². The van der Waals surface area contributed by atoms with Gasteiger partial charge < -0.3 is 10.6 Å². The fourth-order valence-corrected chi connectivity index (χ4v) is 2.21. The normalized spacial score (nSPS) is 10.5. The van der Waals surface area contributed by atoms with Crippen LogP contribution in [0.5, 0.6) is 0 Å². The van der Waals surface area contributed by atoms with Crippen LogP contribution in [0, 0.1) is 12.7 Å². The summed E-state index contributed by atoms with van der Waals surface area (Å²) in [7, 11) is 1.97. The maximum Gasteiger partial charge on any atom is 0.123 e. The molecular weight excluding hydrogens is 263 g/mol. The summed E-state index contributed by atoms with van der Waals surface area (Å²) in [5, 5.41) is 0.548. The molecule has 0 unspecified atom stereocenters. The van der Waals surface area contributed by atoms with E-state index in [1.165, 1.54) is 12.1 Å². The molecule has 0 saturated heterocycles. The second-order valence-corrected chi connectivity index (χ2v) is 5.05. The van der Waals surface area contributed by atoms with Crippen molar-refractivity contribution < 1.29 is 4.39 Å². The number of hydrogen-bond donors (Lipinski definition) is 1. The van der Waals surface area contributed by atoms with E-state index in [4.69, 9.17) is 17.3 Å². The minimum absolute atomic E-state index is 0.224. The molecule has 0 spiro atoms. The largest absolute Gasteiger partial charge is 0.398 e. The second-order valence-electron chi connectivity index (χ2n) is 4.64. The van der Waals surface area contributed by atoms with Crippen LogP contribution in [0.15, 0.2) is 36.4 Å². The SMILES string of the molecule is Cc1cc(N)c(Cl)cc1N(C)Cc1ccc(F)cc1. The molecule has 19 heavy (non-hydrogen) atoms. The van der Waals surface area contributed by atoms with E-state index in [2.05, 4.69) is 4.90 Å². The molecule has 2 aromatic rings. The fourth-order valence-electron chi connectivity index (χ4n) is 2.05. The summed E-state index contributed by atoms with van der Waals surface area (Å²) in [5.74, 6) is -0.224. The Morgan fingerprint density at radius 3 is 2.47 bits per heavy atom. The first kappa shape index (κ1) is 13.7. The van der Waals surface area contributed by atoms with E-state index < -0.39 is 0 Å².